The molecule has 0 aliphatic carbocycles. The molecule has 1 fully saturated rings. The van der Waals surface area contributed by atoms with Crippen LogP contribution in [0, 0.1) is 0 Å². The molecule has 2 amide bonds. The molecule has 1 aliphatic rings. The van der Waals surface area contributed by atoms with Gasteiger partial charge in [0.15, 0.2) is 6.10 Å². The van der Waals surface area contributed by atoms with Crippen LogP contribution < -0.4 is 10.1 Å². The molecule has 0 saturated carbocycles. The molecule has 0 bridgehead atoms. The SMILES string of the molecule is C[C@@H](Oc1cccc(Cl)c1)C(=O)NCc1ccc(C(=O)N2CCCC2)cc1. The lowest BCUT2D eigenvalue weighted by Crippen LogP contribution is -2.35. The second-order valence-corrected chi connectivity index (χ2v) is 7.07. The summed E-state index contributed by atoms with van der Waals surface area (Å²) in [5, 5.41) is 3.40. The van der Waals surface area contributed by atoms with Crippen molar-refractivity contribution in [1.82, 2.24) is 10.2 Å². The van der Waals surface area contributed by atoms with Gasteiger partial charge in [-0.1, -0.05) is 29.8 Å². The molecule has 2 aromatic carbocycles. The van der Waals surface area contributed by atoms with E-state index in [0.29, 0.717) is 22.9 Å². The molecule has 142 valence electrons. The van der Waals surface area contributed by atoms with Crippen LogP contribution in [-0.2, 0) is 11.3 Å². The minimum atomic E-state index is -0.639. The minimum Gasteiger partial charge on any atom is -0.481 e. The van der Waals surface area contributed by atoms with Crippen molar-refractivity contribution in [3.63, 3.8) is 0 Å². The summed E-state index contributed by atoms with van der Waals surface area (Å²) in [5.41, 5.74) is 1.61. The summed E-state index contributed by atoms with van der Waals surface area (Å²) in [6.45, 7) is 3.73. The van der Waals surface area contributed by atoms with Crippen LogP contribution in [0.2, 0.25) is 5.02 Å². The maximum absolute atomic E-state index is 12.3. The van der Waals surface area contributed by atoms with Crippen molar-refractivity contribution in [3.05, 3.63) is 64.7 Å². The molecule has 1 N–H and O–H groups in total. The summed E-state index contributed by atoms with van der Waals surface area (Å²) in [5.74, 6) is 0.411. The Morgan fingerprint density at radius 3 is 2.52 bits per heavy atom. The van der Waals surface area contributed by atoms with E-state index < -0.39 is 6.10 Å². The Hall–Kier alpha value is -2.53. The van der Waals surface area contributed by atoms with Crippen LogP contribution in [0.4, 0.5) is 0 Å². The molecule has 3 rings (SSSR count). The molecule has 0 aromatic heterocycles. The minimum absolute atomic E-state index is 0.0756. The third kappa shape index (κ3) is 5.23. The molecule has 2 aromatic rings. The molecular weight excluding hydrogens is 364 g/mol. The first-order valence-corrected chi connectivity index (χ1v) is 9.49. The second kappa shape index (κ2) is 8.91. The fraction of sp³-hybridized carbons (Fsp3) is 0.333. The van der Waals surface area contributed by atoms with E-state index in [9.17, 15) is 9.59 Å². The molecule has 1 saturated heterocycles. The van der Waals surface area contributed by atoms with E-state index in [4.69, 9.17) is 16.3 Å². The summed E-state index contributed by atoms with van der Waals surface area (Å²) in [6, 6.07) is 14.3. The maximum Gasteiger partial charge on any atom is 0.261 e. The first-order valence-electron chi connectivity index (χ1n) is 9.11. The Morgan fingerprint density at radius 2 is 1.85 bits per heavy atom. The monoisotopic (exact) mass is 386 g/mol. The van der Waals surface area contributed by atoms with Gasteiger partial charge < -0.3 is 15.0 Å². The highest BCUT2D eigenvalue weighted by Crippen LogP contribution is 2.18. The number of rotatable bonds is 6. The van der Waals surface area contributed by atoms with Crippen molar-refractivity contribution >= 4 is 23.4 Å². The highest BCUT2D eigenvalue weighted by atomic mass is 35.5. The van der Waals surface area contributed by atoms with Crippen LogP contribution in [0.1, 0.15) is 35.7 Å². The van der Waals surface area contributed by atoms with Crippen LogP contribution in [0.5, 0.6) is 5.75 Å². The number of ether oxygens (including phenoxy) is 1. The molecule has 1 heterocycles. The van der Waals surface area contributed by atoms with Crippen molar-refractivity contribution in [1.29, 1.82) is 0 Å². The highest BCUT2D eigenvalue weighted by molar-refractivity contribution is 6.30. The van der Waals surface area contributed by atoms with Gasteiger partial charge in [-0.05, 0) is 55.7 Å². The smallest absolute Gasteiger partial charge is 0.261 e. The summed E-state index contributed by atoms with van der Waals surface area (Å²) in [4.78, 5) is 26.4. The lowest BCUT2D eigenvalue weighted by molar-refractivity contribution is -0.127. The first-order chi connectivity index (χ1) is 13.0. The molecule has 5 nitrogen and oxygen atoms in total. The molecule has 0 spiro atoms. The number of nitrogens with one attached hydrogen (secondary N) is 1. The number of hydrogen-bond acceptors (Lipinski definition) is 3. The van der Waals surface area contributed by atoms with Gasteiger partial charge in [-0.25, -0.2) is 0 Å². The Bertz CT molecular complexity index is 801. The number of nitrogens with zero attached hydrogens (tertiary/aromatic N) is 1. The van der Waals surface area contributed by atoms with E-state index in [1.54, 1.807) is 31.2 Å². The van der Waals surface area contributed by atoms with Gasteiger partial charge in [0.05, 0.1) is 0 Å². The largest absolute Gasteiger partial charge is 0.481 e. The summed E-state index contributed by atoms with van der Waals surface area (Å²) < 4.78 is 5.61. The molecular formula is C21H23ClN2O3. The highest BCUT2D eigenvalue weighted by Gasteiger charge is 2.19. The molecule has 0 radical (unpaired) electrons. The topological polar surface area (TPSA) is 58.6 Å². The van der Waals surface area contributed by atoms with Crippen molar-refractivity contribution in [3.8, 4) is 5.75 Å². The normalized spacial score (nSPS) is 14.7. The average Bonchev–Trinajstić information content (AvgIpc) is 3.20. The zero-order valence-corrected chi connectivity index (χ0v) is 16.0. The van der Waals surface area contributed by atoms with E-state index in [1.165, 1.54) is 0 Å². The van der Waals surface area contributed by atoms with Crippen LogP contribution in [0.3, 0.4) is 0 Å². The van der Waals surface area contributed by atoms with E-state index >= 15 is 0 Å². The summed E-state index contributed by atoms with van der Waals surface area (Å²) >= 11 is 5.92. The molecule has 1 aliphatic heterocycles. The number of carbonyl (C=O) groups excluding carboxylic acids is 2. The van der Waals surface area contributed by atoms with Crippen molar-refractivity contribution in [2.45, 2.75) is 32.4 Å². The van der Waals surface area contributed by atoms with Gasteiger partial charge in [-0.2, -0.15) is 0 Å². The standard InChI is InChI=1S/C21H23ClN2O3/c1-15(27-19-6-4-5-18(22)13-19)20(25)23-14-16-7-9-17(10-8-16)21(26)24-11-2-3-12-24/h4-10,13,15H,2-3,11-12,14H2,1H3,(H,23,25)/t15-/m1/s1. The van der Waals surface area contributed by atoms with Gasteiger partial charge in [-0.3, -0.25) is 9.59 Å². The summed E-state index contributed by atoms with van der Waals surface area (Å²) in [6.07, 6.45) is 1.51. The molecule has 1 atom stereocenters. The van der Waals surface area contributed by atoms with Crippen molar-refractivity contribution in [2.24, 2.45) is 0 Å². The van der Waals surface area contributed by atoms with E-state index in [0.717, 1.165) is 31.5 Å². The van der Waals surface area contributed by atoms with Crippen molar-refractivity contribution in [2.75, 3.05) is 13.1 Å². The lowest BCUT2D eigenvalue weighted by Gasteiger charge is -2.16. The number of hydrogen-bond donors (Lipinski definition) is 1. The van der Waals surface area contributed by atoms with Gasteiger partial charge in [-0.15, -0.1) is 0 Å². The van der Waals surface area contributed by atoms with Crippen LogP contribution in [0.15, 0.2) is 48.5 Å². The predicted molar refractivity (Wildman–Crippen MR) is 105 cm³/mol. The molecule has 6 heteroatoms. The predicted octanol–water partition coefficient (Wildman–Crippen LogP) is 3.66. The number of halogens is 1. The third-order valence-electron chi connectivity index (χ3n) is 4.54. The van der Waals surface area contributed by atoms with Gasteiger partial charge in [0.2, 0.25) is 0 Å². The second-order valence-electron chi connectivity index (χ2n) is 6.63. The van der Waals surface area contributed by atoms with Gasteiger partial charge >= 0.3 is 0 Å². The Morgan fingerprint density at radius 1 is 1.15 bits per heavy atom. The summed E-state index contributed by atoms with van der Waals surface area (Å²) in [7, 11) is 0. The number of amides is 2. The van der Waals surface area contributed by atoms with Gasteiger partial charge in [0.25, 0.3) is 11.8 Å². The van der Waals surface area contributed by atoms with E-state index in [2.05, 4.69) is 5.32 Å². The maximum atomic E-state index is 12.3. The molecule has 0 unspecified atom stereocenters. The zero-order chi connectivity index (χ0) is 19.2. The lowest BCUT2D eigenvalue weighted by atomic mass is 10.1. The van der Waals surface area contributed by atoms with E-state index in [-0.39, 0.29) is 11.8 Å². The number of carbonyl (C=O) groups is 2. The average molecular weight is 387 g/mol. The fourth-order valence-corrected chi connectivity index (χ4v) is 3.18. The fourth-order valence-electron chi connectivity index (χ4n) is 3.00. The van der Waals surface area contributed by atoms with Gasteiger partial charge in [0, 0.05) is 30.2 Å². The number of likely N-dealkylation sites (tertiary alicyclic amines) is 1. The Kier molecular flexibility index (Phi) is 6.35. The quantitative estimate of drug-likeness (QED) is 0.824. The van der Waals surface area contributed by atoms with Crippen molar-refractivity contribution < 1.29 is 14.3 Å². The van der Waals surface area contributed by atoms with Gasteiger partial charge in [0.1, 0.15) is 5.75 Å². The Balaban J connectivity index is 1.50. The molecule has 27 heavy (non-hydrogen) atoms. The Labute approximate surface area is 164 Å². The van der Waals surface area contributed by atoms with Crippen LogP contribution in [-0.4, -0.2) is 35.9 Å². The van der Waals surface area contributed by atoms with Crippen LogP contribution in [0.25, 0.3) is 0 Å². The van der Waals surface area contributed by atoms with E-state index in [1.807, 2.05) is 29.2 Å². The number of benzene rings is 2. The zero-order valence-electron chi connectivity index (χ0n) is 15.3. The first kappa shape index (κ1) is 19.2. The third-order valence-corrected chi connectivity index (χ3v) is 4.77. The van der Waals surface area contributed by atoms with Crippen LogP contribution >= 0.6 is 11.6 Å².